The Balaban J connectivity index is 1.98. The third-order valence-corrected chi connectivity index (χ3v) is 3.63. The fourth-order valence-electron chi connectivity index (χ4n) is 1.37. The van der Waals surface area contributed by atoms with Crippen molar-refractivity contribution >= 4 is 23.4 Å². The second kappa shape index (κ2) is 5.84. The molecule has 0 amide bonds. The highest BCUT2D eigenvalue weighted by atomic mass is 35.5. The lowest BCUT2D eigenvalue weighted by molar-refractivity contribution is -0.137. The van der Waals surface area contributed by atoms with Gasteiger partial charge in [-0.3, -0.25) is 0 Å². The van der Waals surface area contributed by atoms with Crippen molar-refractivity contribution in [2.45, 2.75) is 17.0 Å². The van der Waals surface area contributed by atoms with Crippen molar-refractivity contribution in [3.63, 3.8) is 0 Å². The zero-order chi connectivity index (χ0) is 13.9. The number of rotatable bonds is 3. The van der Waals surface area contributed by atoms with E-state index in [0.717, 1.165) is 17.8 Å². The summed E-state index contributed by atoms with van der Waals surface area (Å²) in [5.74, 6) is 0.634. The maximum absolute atomic E-state index is 12.3. The highest BCUT2D eigenvalue weighted by molar-refractivity contribution is 7.98. The summed E-state index contributed by atoms with van der Waals surface area (Å²) in [6.45, 7) is 0. The molecule has 19 heavy (non-hydrogen) atoms. The van der Waals surface area contributed by atoms with Crippen molar-refractivity contribution in [2.24, 2.45) is 0 Å². The van der Waals surface area contributed by atoms with E-state index in [1.807, 2.05) is 12.1 Å². The minimum Gasteiger partial charge on any atom is -0.249 e. The molecule has 1 aromatic heterocycles. The molecular weight excluding hydrogens is 295 g/mol. The van der Waals surface area contributed by atoms with Crippen LogP contribution >= 0.6 is 23.4 Å². The van der Waals surface area contributed by atoms with Crippen LogP contribution in [-0.2, 0) is 11.9 Å². The Morgan fingerprint density at radius 3 is 2.26 bits per heavy atom. The third kappa shape index (κ3) is 4.14. The summed E-state index contributed by atoms with van der Waals surface area (Å²) in [7, 11) is 0. The minimum absolute atomic E-state index is 0.558. The van der Waals surface area contributed by atoms with Gasteiger partial charge in [0.15, 0.2) is 0 Å². The fourth-order valence-corrected chi connectivity index (χ4v) is 2.30. The molecule has 1 aromatic carbocycles. The summed E-state index contributed by atoms with van der Waals surface area (Å²) >= 11 is 7.14. The standard InChI is InChI=1S/C13H9ClF3NS/c14-11-4-1-9(2-5-11)8-19-12-6-3-10(7-18-12)13(15,16)17/h1-7H,8H2. The minimum atomic E-state index is -4.34. The van der Waals surface area contributed by atoms with Gasteiger partial charge in [-0.15, -0.1) is 11.8 Å². The van der Waals surface area contributed by atoms with Crippen LogP contribution in [0.5, 0.6) is 0 Å². The summed E-state index contributed by atoms with van der Waals surface area (Å²) in [5.41, 5.74) is 0.305. The molecule has 2 rings (SSSR count). The van der Waals surface area contributed by atoms with Crippen LogP contribution in [-0.4, -0.2) is 4.98 Å². The SMILES string of the molecule is FC(F)(F)c1ccc(SCc2ccc(Cl)cc2)nc1. The van der Waals surface area contributed by atoms with Gasteiger partial charge in [0.1, 0.15) is 0 Å². The van der Waals surface area contributed by atoms with Gasteiger partial charge in [0, 0.05) is 17.0 Å². The smallest absolute Gasteiger partial charge is 0.249 e. The average molecular weight is 304 g/mol. The zero-order valence-corrected chi connectivity index (χ0v) is 11.2. The molecule has 0 fully saturated rings. The predicted molar refractivity (Wildman–Crippen MR) is 70.3 cm³/mol. The van der Waals surface area contributed by atoms with Gasteiger partial charge in [-0.2, -0.15) is 13.2 Å². The first kappa shape index (κ1) is 14.2. The Morgan fingerprint density at radius 2 is 1.74 bits per heavy atom. The van der Waals surface area contributed by atoms with Crippen molar-refractivity contribution < 1.29 is 13.2 Å². The number of hydrogen-bond acceptors (Lipinski definition) is 2. The normalized spacial score (nSPS) is 11.6. The number of halogens is 4. The largest absolute Gasteiger partial charge is 0.417 e. The van der Waals surface area contributed by atoms with Gasteiger partial charge in [-0.1, -0.05) is 23.7 Å². The van der Waals surface area contributed by atoms with E-state index in [1.54, 1.807) is 12.1 Å². The summed E-state index contributed by atoms with van der Waals surface area (Å²) in [6, 6.07) is 9.72. The summed E-state index contributed by atoms with van der Waals surface area (Å²) < 4.78 is 37.0. The number of alkyl halides is 3. The predicted octanol–water partition coefficient (Wildman–Crippen LogP) is 5.05. The van der Waals surface area contributed by atoms with Crippen molar-refractivity contribution in [3.05, 3.63) is 58.7 Å². The van der Waals surface area contributed by atoms with Crippen LogP contribution in [0.1, 0.15) is 11.1 Å². The molecule has 0 aliphatic heterocycles. The molecule has 0 unspecified atom stereocenters. The molecule has 2 aromatic rings. The van der Waals surface area contributed by atoms with E-state index in [0.29, 0.717) is 15.8 Å². The van der Waals surface area contributed by atoms with Gasteiger partial charge in [0.05, 0.1) is 10.6 Å². The average Bonchev–Trinajstić information content (AvgIpc) is 2.37. The van der Waals surface area contributed by atoms with Crippen LogP contribution in [0, 0.1) is 0 Å². The Morgan fingerprint density at radius 1 is 1.05 bits per heavy atom. The second-order valence-electron chi connectivity index (χ2n) is 3.80. The number of benzene rings is 1. The Kier molecular flexibility index (Phi) is 4.37. The molecule has 0 saturated heterocycles. The van der Waals surface area contributed by atoms with Crippen LogP contribution in [0.3, 0.4) is 0 Å². The van der Waals surface area contributed by atoms with Gasteiger partial charge >= 0.3 is 6.18 Å². The monoisotopic (exact) mass is 303 g/mol. The van der Waals surface area contributed by atoms with E-state index >= 15 is 0 Å². The van der Waals surface area contributed by atoms with Gasteiger partial charge < -0.3 is 0 Å². The number of nitrogens with zero attached hydrogens (tertiary/aromatic N) is 1. The Labute approximate surface area is 117 Å². The van der Waals surface area contributed by atoms with Crippen LogP contribution in [0.15, 0.2) is 47.6 Å². The maximum Gasteiger partial charge on any atom is 0.417 e. The molecule has 0 saturated carbocycles. The lowest BCUT2D eigenvalue weighted by Gasteiger charge is -2.06. The quantitative estimate of drug-likeness (QED) is 0.736. The van der Waals surface area contributed by atoms with Crippen LogP contribution in [0.4, 0.5) is 13.2 Å². The van der Waals surface area contributed by atoms with E-state index in [4.69, 9.17) is 11.6 Å². The highest BCUT2D eigenvalue weighted by Gasteiger charge is 2.30. The molecule has 0 bridgehead atoms. The lowest BCUT2D eigenvalue weighted by Crippen LogP contribution is -2.05. The van der Waals surface area contributed by atoms with Gasteiger partial charge in [-0.05, 0) is 29.8 Å². The molecule has 0 N–H and O–H groups in total. The Hall–Kier alpha value is -1.20. The van der Waals surface area contributed by atoms with Crippen LogP contribution < -0.4 is 0 Å². The Bertz CT molecular complexity index is 537. The maximum atomic E-state index is 12.3. The van der Waals surface area contributed by atoms with Gasteiger partial charge in [-0.25, -0.2) is 4.98 Å². The van der Waals surface area contributed by atoms with E-state index in [1.165, 1.54) is 17.8 Å². The first-order chi connectivity index (χ1) is 8.95. The summed E-state index contributed by atoms with van der Waals surface area (Å²) in [6.07, 6.45) is -3.49. The molecule has 6 heteroatoms. The first-order valence-corrected chi connectivity index (χ1v) is 6.72. The number of aromatic nitrogens is 1. The fraction of sp³-hybridized carbons (Fsp3) is 0.154. The van der Waals surface area contributed by atoms with Gasteiger partial charge in [0.25, 0.3) is 0 Å². The third-order valence-electron chi connectivity index (χ3n) is 2.36. The molecule has 0 radical (unpaired) electrons. The number of pyridine rings is 1. The van der Waals surface area contributed by atoms with Crippen molar-refractivity contribution in [1.82, 2.24) is 4.98 Å². The molecular formula is C13H9ClF3NS. The molecule has 1 heterocycles. The van der Waals surface area contributed by atoms with E-state index in [9.17, 15) is 13.2 Å². The molecule has 1 nitrogen and oxygen atoms in total. The van der Waals surface area contributed by atoms with Crippen molar-refractivity contribution in [1.29, 1.82) is 0 Å². The molecule has 0 aliphatic rings. The lowest BCUT2D eigenvalue weighted by atomic mass is 10.2. The van der Waals surface area contributed by atoms with Crippen molar-refractivity contribution in [2.75, 3.05) is 0 Å². The molecule has 0 spiro atoms. The number of hydrogen-bond donors (Lipinski definition) is 0. The van der Waals surface area contributed by atoms with Gasteiger partial charge in [0.2, 0.25) is 0 Å². The van der Waals surface area contributed by atoms with Crippen LogP contribution in [0.25, 0.3) is 0 Å². The second-order valence-corrected chi connectivity index (χ2v) is 5.23. The summed E-state index contributed by atoms with van der Waals surface area (Å²) in [4.78, 5) is 3.79. The topological polar surface area (TPSA) is 12.9 Å². The number of thioether (sulfide) groups is 1. The van der Waals surface area contributed by atoms with Crippen molar-refractivity contribution in [3.8, 4) is 0 Å². The van der Waals surface area contributed by atoms with E-state index in [-0.39, 0.29) is 0 Å². The van der Waals surface area contributed by atoms with E-state index in [2.05, 4.69) is 4.98 Å². The molecule has 100 valence electrons. The zero-order valence-electron chi connectivity index (χ0n) is 9.62. The first-order valence-electron chi connectivity index (χ1n) is 5.35. The van der Waals surface area contributed by atoms with Crippen LogP contribution in [0.2, 0.25) is 5.02 Å². The highest BCUT2D eigenvalue weighted by Crippen LogP contribution is 2.30. The van der Waals surface area contributed by atoms with E-state index < -0.39 is 11.7 Å². The summed E-state index contributed by atoms with van der Waals surface area (Å²) in [5, 5.41) is 1.21. The molecule has 0 atom stereocenters. The molecule has 0 aliphatic carbocycles.